The Labute approximate surface area is 176 Å². The molecule has 5 heteroatoms. The van der Waals surface area contributed by atoms with Crippen LogP contribution in [0.25, 0.3) is 54.9 Å². The molecule has 0 amide bonds. The predicted molar refractivity (Wildman–Crippen MR) is 122 cm³/mol. The van der Waals surface area contributed by atoms with Crippen LogP contribution < -0.4 is 0 Å². The number of imidazole rings is 1. The van der Waals surface area contributed by atoms with Gasteiger partial charge >= 0.3 is 0 Å². The van der Waals surface area contributed by atoms with E-state index in [0.29, 0.717) is 10.8 Å². The van der Waals surface area contributed by atoms with Crippen molar-refractivity contribution in [2.24, 2.45) is 0 Å². The topological polar surface area (TPSA) is 62.0 Å². The van der Waals surface area contributed by atoms with Crippen LogP contribution in [-0.2, 0) is 0 Å². The van der Waals surface area contributed by atoms with Gasteiger partial charge in [-0.15, -0.1) is 0 Å². The maximum atomic E-state index is 9.79. The van der Waals surface area contributed by atoms with Gasteiger partial charge in [-0.2, -0.15) is 0 Å². The lowest BCUT2D eigenvalue weighted by atomic mass is 9.96. The lowest BCUT2D eigenvalue weighted by molar-refractivity contribution is 0.475. The first-order valence-corrected chi connectivity index (χ1v) is 10.1. The Morgan fingerprint density at radius 2 is 1.77 bits per heavy atom. The van der Waals surface area contributed by atoms with E-state index >= 15 is 0 Å². The number of phenolic OH excluding ortho intramolecular Hbond substituents is 1. The molecule has 0 saturated heterocycles. The fraction of sp³-hybridized carbons (Fsp3) is 0.0800. The summed E-state index contributed by atoms with van der Waals surface area (Å²) >= 11 is 6.15. The van der Waals surface area contributed by atoms with E-state index in [9.17, 15) is 5.11 Å². The van der Waals surface area contributed by atoms with Gasteiger partial charge in [0.15, 0.2) is 0 Å². The number of furan rings is 1. The van der Waals surface area contributed by atoms with Gasteiger partial charge < -0.3 is 14.5 Å². The molecule has 0 spiro atoms. The number of nitrogens with zero attached hydrogens (tertiary/aromatic N) is 1. The third-order valence-corrected chi connectivity index (χ3v) is 6.21. The molecule has 6 rings (SSSR count). The van der Waals surface area contributed by atoms with E-state index in [4.69, 9.17) is 21.0 Å². The summed E-state index contributed by atoms with van der Waals surface area (Å²) in [5.41, 5.74) is 5.79. The van der Waals surface area contributed by atoms with Crippen molar-refractivity contribution in [3.8, 4) is 17.1 Å². The van der Waals surface area contributed by atoms with Crippen LogP contribution in [0.2, 0.25) is 5.02 Å². The zero-order chi connectivity index (χ0) is 20.6. The Morgan fingerprint density at radius 3 is 2.60 bits per heavy atom. The van der Waals surface area contributed by atoms with Crippen molar-refractivity contribution < 1.29 is 9.52 Å². The molecule has 2 N–H and O–H groups in total. The Kier molecular flexibility index (Phi) is 3.47. The molecule has 0 atom stereocenters. The molecule has 0 aliphatic carbocycles. The van der Waals surface area contributed by atoms with Gasteiger partial charge in [-0.25, -0.2) is 4.98 Å². The minimum Gasteiger partial charge on any atom is -0.506 e. The van der Waals surface area contributed by atoms with Gasteiger partial charge in [0, 0.05) is 21.7 Å². The average Bonchev–Trinajstić information content (AvgIpc) is 3.34. The molecule has 4 aromatic carbocycles. The highest BCUT2D eigenvalue weighted by Gasteiger charge is 2.20. The first kappa shape index (κ1) is 17.4. The number of phenols is 1. The molecule has 4 nitrogen and oxygen atoms in total. The van der Waals surface area contributed by atoms with Gasteiger partial charge in [0.1, 0.15) is 17.2 Å². The zero-order valence-corrected chi connectivity index (χ0v) is 17.1. The molecule has 2 heterocycles. The lowest BCUT2D eigenvalue weighted by Gasteiger charge is -2.08. The van der Waals surface area contributed by atoms with Crippen LogP contribution in [0.1, 0.15) is 11.1 Å². The molecule has 0 unspecified atom stereocenters. The van der Waals surface area contributed by atoms with Crippen LogP contribution in [0.15, 0.2) is 59.2 Å². The number of H-pyrrole nitrogens is 1. The summed E-state index contributed by atoms with van der Waals surface area (Å²) in [6.07, 6.45) is 1.79. The van der Waals surface area contributed by atoms with Gasteiger partial charge in [-0.1, -0.05) is 35.9 Å². The summed E-state index contributed by atoms with van der Waals surface area (Å²) < 4.78 is 6.00. The van der Waals surface area contributed by atoms with Gasteiger partial charge in [0.05, 0.1) is 22.3 Å². The second kappa shape index (κ2) is 6.00. The maximum absolute atomic E-state index is 9.79. The fourth-order valence-electron chi connectivity index (χ4n) is 4.44. The highest BCUT2D eigenvalue weighted by Crippen LogP contribution is 2.41. The molecule has 0 fully saturated rings. The number of nitrogens with one attached hydrogen (secondary N) is 1. The first-order valence-electron chi connectivity index (χ1n) is 9.73. The largest absolute Gasteiger partial charge is 0.506 e. The lowest BCUT2D eigenvalue weighted by Crippen LogP contribution is -1.85. The van der Waals surface area contributed by atoms with Crippen molar-refractivity contribution in [1.29, 1.82) is 0 Å². The Balaban J connectivity index is 1.84. The fourth-order valence-corrected chi connectivity index (χ4v) is 4.62. The number of aryl methyl sites for hydroxylation is 2. The molecule has 146 valence electrons. The molecular weight excluding hydrogens is 396 g/mol. The summed E-state index contributed by atoms with van der Waals surface area (Å²) in [4.78, 5) is 8.48. The van der Waals surface area contributed by atoms with E-state index in [0.717, 1.165) is 49.3 Å². The molecule has 2 aromatic heterocycles. The van der Waals surface area contributed by atoms with Crippen molar-refractivity contribution in [2.45, 2.75) is 13.8 Å². The molecule has 30 heavy (non-hydrogen) atoms. The standard InChI is InChI=1S/C25H17ClN2O2/c1-12-4-3-5-16-15(12)7-8-17-21(16)23-22(20-13(2)11-30-24(17)20)27-25(28-23)14-6-9-19(29)18(26)10-14/h3-11,29H,1-2H3,(H,27,28). The number of aromatic amines is 1. The smallest absolute Gasteiger partial charge is 0.144 e. The van der Waals surface area contributed by atoms with Crippen LogP contribution >= 0.6 is 11.6 Å². The SMILES string of the molecule is Cc1cccc2c1ccc1c3occ(C)c3c3[nH]c(-c4ccc(O)c(Cl)c4)nc3c21. The van der Waals surface area contributed by atoms with E-state index in [1.54, 1.807) is 18.4 Å². The minimum atomic E-state index is 0.0523. The van der Waals surface area contributed by atoms with Gasteiger partial charge in [0.2, 0.25) is 0 Å². The van der Waals surface area contributed by atoms with Crippen molar-refractivity contribution in [3.05, 3.63) is 70.9 Å². The molecule has 6 aromatic rings. The van der Waals surface area contributed by atoms with Crippen LogP contribution in [-0.4, -0.2) is 15.1 Å². The molecule has 0 bridgehead atoms. The maximum Gasteiger partial charge on any atom is 0.144 e. The summed E-state index contributed by atoms with van der Waals surface area (Å²) in [6.45, 7) is 4.16. The normalized spacial score (nSPS) is 12.0. The molecule has 0 aliphatic heterocycles. The second-order valence-corrected chi connectivity index (χ2v) is 8.16. The third-order valence-electron chi connectivity index (χ3n) is 5.91. The summed E-state index contributed by atoms with van der Waals surface area (Å²) in [5.74, 6) is 0.752. The number of halogens is 1. The van der Waals surface area contributed by atoms with E-state index in [-0.39, 0.29) is 5.75 Å². The first-order chi connectivity index (χ1) is 14.5. The van der Waals surface area contributed by atoms with Gasteiger partial charge in [0.25, 0.3) is 0 Å². The zero-order valence-electron chi connectivity index (χ0n) is 16.4. The van der Waals surface area contributed by atoms with Crippen LogP contribution in [0.3, 0.4) is 0 Å². The molecule has 0 saturated carbocycles. The number of rotatable bonds is 1. The Morgan fingerprint density at radius 1 is 0.933 bits per heavy atom. The number of hydrogen-bond acceptors (Lipinski definition) is 3. The quantitative estimate of drug-likeness (QED) is 0.279. The average molecular weight is 413 g/mol. The molecular formula is C25H17ClN2O2. The summed E-state index contributed by atoms with van der Waals surface area (Å²) in [6, 6.07) is 15.7. The van der Waals surface area contributed by atoms with E-state index in [1.807, 2.05) is 13.0 Å². The van der Waals surface area contributed by atoms with Crippen molar-refractivity contribution in [3.63, 3.8) is 0 Å². The van der Waals surface area contributed by atoms with E-state index in [2.05, 4.69) is 42.2 Å². The molecule has 0 aliphatic rings. The number of aromatic nitrogens is 2. The van der Waals surface area contributed by atoms with Crippen LogP contribution in [0.4, 0.5) is 0 Å². The minimum absolute atomic E-state index is 0.0523. The predicted octanol–water partition coefficient (Wildman–Crippen LogP) is 7.26. The van der Waals surface area contributed by atoms with E-state index in [1.165, 1.54) is 10.9 Å². The van der Waals surface area contributed by atoms with Crippen LogP contribution in [0.5, 0.6) is 5.75 Å². The monoisotopic (exact) mass is 412 g/mol. The highest BCUT2D eigenvalue weighted by molar-refractivity contribution is 6.32. The van der Waals surface area contributed by atoms with Gasteiger partial charge in [-0.3, -0.25) is 0 Å². The third kappa shape index (κ3) is 2.25. The number of aromatic hydroxyl groups is 1. The Bertz CT molecular complexity index is 1640. The summed E-state index contributed by atoms with van der Waals surface area (Å²) in [5, 5.41) is 15.6. The van der Waals surface area contributed by atoms with E-state index < -0.39 is 0 Å². The van der Waals surface area contributed by atoms with Crippen molar-refractivity contribution >= 4 is 55.1 Å². The van der Waals surface area contributed by atoms with Crippen molar-refractivity contribution in [2.75, 3.05) is 0 Å². The Hall–Kier alpha value is -3.50. The van der Waals surface area contributed by atoms with Crippen LogP contribution in [0, 0.1) is 13.8 Å². The van der Waals surface area contributed by atoms with Crippen molar-refractivity contribution in [1.82, 2.24) is 9.97 Å². The second-order valence-electron chi connectivity index (χ2n) is 7.76. The summed E-state index contributed by atoms with van der Waals surface area (Å²) in [7, 11) is 0. The molecule has 0 radical (unpaired) electrons. The number of hydrogen-bond donors (Lipinski definition) is 2. The number of benzene rings is 4. The number of fused-ring (bicyclic) bond motifs is 8. The van der Waals surface area contributed by atoms with Gasteiger partial charge in [-0.05, 0) is 60.0 Å². The highest BCUT2D eigenvalue weighted by atomic mass is 35.5.